The number of nitrogens with zero attached hydrogens (tertiary/aromatic N) is 2. The molecule has 0 aliphatic heterocycles. The van der Waals surface area contributed by atoms with Gasteiger partial charge < -0.3 is 10.1 Å². The molecule has 1 aromatic heterocycles. The molecule has 0 atom stereocenters. The molecule has 4 nitrogen and oxygen atoms in total. The first-order chi connectivity index (χ1) is 11.2. The second-order valence-electron chi connectivity index (χ2n) is 5.91. The number of ether oxygens (including phenoxy) is 1. The van der Waals surface area contributed by atoms with E-state index in [1.54, 1.807) is 6.07 Å². The van der Waals surface area contributed by atoms with Gasteiger partial charge in [-0.05, 0) is 32.0 Å². The minimum Gasteiger partial charge on any atom is -0.473 e. The van der Waals surface area contributed by atoms with Crippen molar-refractivity contribution in [3.8, 4) is 5.88 Å². The zero-order chi connectivity index (χ0) is 16.2. The Kier molecular flexibility index (Phi) is 5.18. The summed E-state index contributed by atoms with van der Waals surface area (Å²) in [6, 6.07) is 6.72. The summed E-state index contributed by atoms with van der Waals surface area (Å²) in [6.07, 6.45) is 4.73. The summed E-state index contributed by atoms with van der Waals surface area (Å²) in [6.45, 7) is 1.00. The van der Waals surface area contributed by atoms with E-state index < -0.39 is 0 Å². The summed E-state index contributed by atoms with van der Waals surface area (Å²) < 4.78 is 21.1. The van der Waals surface area contributed by atoms with Gasteiger partial charge in [-0.25, -0.2) is 9.07 Å². The average molecular weight is 338 g/mol. The molecule has 0 bridgehead atoms. The average Bonchev–Trinajstić information content (AvgIpc) is 3.16. The summed E-state index contributed by atoms with van der Waals surface area (Å²) in [7, 11) is 1.90. The van der Waals surface area contributed by atoms with E-state index in [4.69, 9.17) is 16.3 Å². The van der Waals surface area contributed by atoms with Crippen molar-refractivity contribution in [2.24, 2.45) is 0 Å². The molecule has 1 heterocycles. The second kappa shape index (κ2) is 7.32. The molecule has 1 aromatic carbocycles. The molecule has 0 spiro atoms. The minimum absolute atomic E-state index is 0.302. The van der Waals surface area contributed by atoms with Crippen LogP contribution in [0.5, 0.6) is 5.88 Å². The van der Waals surface area contributed by atoms with Crippen molar-refractivity contribution >= 4 is 11.6 Å². The molecule has 2 aromatic rings. The lowest BCUT2D eigenvalue weighted by molar-refractivity contribution is 0.258. The van der Waals surface area contributed by atoms with Gasteiger partial charge in [0.15, 0.2) is 0 Å². The Balaban J connectivity index is 1.77. The molecular weight excluding hydrogens is 317 g/mol. The van der Waals surface area contributed by atoms with Gasteiger partial charge in [0.25, 0.3) is 0 Å². The van der Waals surface area contributed by atoms with Gasteiger partial charge in [-0.15, -0.1) is 0 Å². The Hall–Kier alpha value is -1.59. The van der Waals surface area contributed by atoms with E-state index in [1.807, 2.05) is 17.8 Å². The Labute approximate surface area is 140 Å². The van der Waals surface area contributed by atoms with Crippen LogP contribution < -0.4 is 10.1 Å². The molecule has 1 aliphatic rings. The smallest absolute Gasteiger partial charge is 0.212 e. The van der Waals surface area contributed by atoms with Crippen LogP contribution in [-0.4, -0.2) is 16.8 Å². The molecule has 1 aliphatic carbocycles. The van der Waals surface area contributed by atoms with Crippen LogP contribution in [0, 0.1) is 5.82 Å². The van der Waals surface area contributed by atoms with Crippen LogP contribution in [0.15, 0.2) is 24.3 Å². The van der Waals surface area contributed by atoms with Gasteiger partial charge >= 0.3 is 0 Å². The zero-order valence-electron chi connectivity index (χ0n) is 13.2. The summed E-state index contributed by atoms with van der Waals surface area (Å²) >= 11 is 6.07. The molecule has 0 saturated heterocycles. The van der Waals surface area contributed by atoms with Crippen LogP contribution in [0.2, 0.25) is 5.02 Å². The quantitative estimate of drug-likeness (QED) is 0.863. The summed E-state index contributed by atoms with van der Waals surface area (Å²) in [5.74, 6) is 0.411. The molecule has 3 rings (SSSR count). The van der Waals surface area contributed by atoms with E-state index in [9.17, 15) is 4.39 Å². The van der Waals surface area contributed by atoms with E-state index in [0.717, 1.165) is 30.0 Å². The number of benzene rings is 1. The largest absolute Gasteiger partial charge is 0.473 e. The number of aromatic nitrogens is 2. The summed E-state index contributed by atoms with van der Waals surface area (Å²) in [5.41, 5.74) is 1.72. The molecule has 23 heavy (non-hydrogen) atoms. The SMILES string of the molecule is CNCc1cc(OCc2ccc(F)cc2Cl)n(C2CCCC2)n1. The van der Waals surface area contributed by atoms with E-state index in [1.165, 1.54) is 25.0 Å². The second-order valence-corrected chi connectivity index (χ2v) is 6.32. The normalized spacial score (nSPS) is 15.3. The number of hydrogen-bond donors (Lipinski definition) is 1. The number of hydrogen-bond acceptors (Lipinski definition) is 3. The van der Waals surface area contributed by atoms with Crippen molar-refractivity contribution < 1.29 is 9.13 Å². The topological polar surface area (TPSA) is 39.1 Å². The molecule has 0 radical (unpaired) electrons. The van der Waals surface area contributed by atoms with Crippen molar-refractivity contribution in [2.45, 2.75) is 44.9 Å². The Bertz CT molecular complexity index is 668. The predicted molar refractivity (Wildman–Crippen MR) is 88.2 cm³/mol. The lowest BCUT2D eigenvalue weighted by Gasteiger charge is -2.15. The van der Waals surface area contributed by atoms with E-state index in [-0.39, 0.29) is 5.82 Å². The fourth-order valence-corrected chi connectivity index (χ4v) is 3.22. The fraction of sp³-hybridized carbons (Fsp3) is 0.471. The molecule has 124 valence electrons. The molecule has 0 amide bonds. The zero-order valence-corrected chi connectivity index (χ0v) is 13.9. The third-order valence-corrected chi connectivity index (χ3v) is 4.52. The maximum absolute atomic E-state index is 13.1. The first kappa shape index (κ1) is 16.3. The van der Waals surface area contributed by atoms with Gasteiger partial charge in [-0.2, -0.15) is 5.10 Å². The van der Waals surface area contributed by atoms with E-state index in [0.29, 0.717) is 24.2 Å². The standard InChI is InChI=1S/C17H21ClFN3O/c1-20-10-14-9-17(22(21-14)15-4-2-3-5-15)23-11-12-6-7-13(19)8-16(12)18/h6-9,15,20H,2-5,10-11H2,1H3. The van der Waals surface area contributed by atoms with Gasteiger partial charge in [0.1, 0.15) is 12.4 Å². The van der Waals surface area contributed by atoms with E-state index >= 15 is 0 Å². The van der Waals surface area contributed by atoms with Crippen LogP contribution in [0.1, 0.15) is 43.0 Å². The summed E-state index contributed by atoms with van der Waals surface area (Å²) in [5, 5.41) is 8.16. The number of rotatable bonds is 6. The van der Waals surface area contributed by atoms with Gasteiger partial charge in [0, 0.05) is 18.2 Å². The van der Waals surface area contributed by atoms with Crippen molar-refractivity contribution in [3.05, 3.63) is 46.4 Å². The van der Waals surface area contributed by atoms with Gasteiger partial charge in [0.05, 0.1) is 16.8 Å². The Morgan fingerprint density at radius 1 is 1.35 bits per heavy atom. The Morgan fingerprint density at radius 2 is 2.13 bits per heavy atom. The van der Waals surface area contributed by atoms with Crippen LogP contribution >= 0.6 is 11.6 Å². The van der Waals surface area contributed by atoms with Crippen LogP contribution in [-0.2, 0) is 13.2 Å². The van der Waals surface area contributed by atoms with Gasteiger partial charge in [0.2, 0.25) is 5.88 Å². The highest BCUT2D eigenvalue weighted by Gasteiger charge is 2.22. The molecule has 1 fully saturated rings. The van der Waals surface area contributed by atoms with E-state index in [2.05, 4.69) is 10.4 Å². The first-order valence-corrected chi connectivity index (χ1v) is 8.35. The van der Waals surface area contributed by atoms with Gasteiger partial charge in [-0.3, -0.25) is 0 Å². The van der Waals surface area contributed by atoms with Crippen LogP contribution in [0.3, 0.4) is 0 Å². The molecular formula is C17H21ClFN3O. The maximum Gasteiger partial charge on any atom is 0.212 e. The third-order valence-electron chi connectivity index (χ3n) is 4.17. The van der Waals surface area contributed by atoms with Crippen molar-refractivity contribution in [2.75, 3.05) is 7.05 Å². The molecule has 0 unspecified atom stereocenters. The number of halogens is 2. The fourth-order valence-electron chi connectivity index (χ4n) is 3.00. The molecule has 6 heteroatoms. The third kappa shape index (κ3) is 3.85. The predicted octanol–water partition coefficient (Wildman–Crippen LogP) is 4.09. The first-order valence-electron chi connectivity index (χ1n) is 7.97. The van der Waals surface area contributed by atoms with Crippen LogP contribution in [0.25, 0.3) is 0 Å². The maximum atomic E-state index is 13.1. The van der Waals surface area contributed by atoms with Crippen LogP contribution in [0.4, 0.5) is 4.39 Å². The molecule has 1 N–H and O–H groups in total. The monoisotopic (exact) mass is 337 g/mol. The molecule has 1 saturated carbocycles. The highest BCUT2D eigenvalue weighted by Crippen LogP contribution is 2.33. The van der Waals surface area contributed by atoms with Crippen molar-refractivity contribution in [1.82, 2.24) is 15.1 Å². The lowest BCUT2D eigenvalue weighted by atomic mass is 10.2. The highest BCUT2D eigenvalue weighted by atomic mass is 35.5. The lowest BCUT2D eigenvalue weighted by Crippen LogP contribution is -2.11. The van der Waals surface area contributed by atoms with Crippen molar-refractivity contribution in [1.29, 1.82) is 0 Å². The summed E-state index contributed by atoms with van der Waals surface area (Å²) in [4.78, 5) is 0. The Morgan fingerprint density at radius 3 is 2.83 bits per heavy atom. The number of nitrogens with one attached hydrogen (secondary N) is 1. The minimum atomic E-state index is -0.342. The highest BCUT2D eigenvalue weighted by molar-refractivity contribution is 6.31. The van der Waals surface area contributed by atoms with Crippen molar-refractivity contribution in [3.63, 3.8) is 0 Å². The van der Waals surface area contributed by atoms with Gasteiger partial charge in [-0.1, -0.05) is 30.5 Å².